The first kappa shape index (κ1) is 21.7. The van der Waals surface area contributed by atoms with Gasteiger partial charge >= 0.3 is 6.09 Å². The SMILES string of the molecule is CCCC(CNC(=NC)NCc1nnc(C)n1C)NC(=O)OC(C)(C)C. The van der Waals surface area contributed by atoms with Crippen molar-refractivity contribution in [1.82, 2.24) is 30.7 Å². The summed E-state index contributed by atoms with van der Waals surface area (Å²) in [5, 5.41) is 17.5. The normalized spacial score (nSPS) is 13.3. The lowest BCUT2D eigenvalue weighted by atomic mass is 10.1. The van der Waals surface area contributed by atoms with Gasteiger partial charge in [-0.3, -0.25) is 4.99 Å². The number of amides is 1. The second-order valence-electron chi connectivity index (χ2n) is 7.16. The van der Waals surface area contributed by atoms with Crippen LogP contribution in [0.25, 0.3) is 0 Å². The summed E-state index contributed by atoms with van der Waals surface area (Å²) < 4.78 is 7.25. The number of hydrogen-bond acceptors (Lipinski definition) is 5. The number of hydrogen-bond donors (Lipinski definition) is 3. The molecule has 1 aromatic rings. The van der Waals surface area contributed by atoms with E-state index in [1.807, 2.05) is 39.3 Å². The van der Waals surface area contributed by atoms with E-state index in [2.05, 4.69) is 38.1 Å². The summed E-state index contributed by atoms with van der Waals surface area (Å²) >= 11 is 0. The molecule has 0 aliphatic heterocycles. The molecule has 1 atom stereocenters. The summed E-state index contributed by atoms with van der Waals surface area (Å²) in [6.07, 6.45) is 1.38. The fourth-order valence-corrected chi connectivity index (χ4v) is 2.26. The maximum atomic E-state index is 12.0. The van der Waals surface area contributed by atoms with E-state index in [9.17, 15) is 4.79 Å². The summed E-state index contributed by atoms with van der Waals surface area (Å²) in [7, 11) is 3.62. The Bertz CT molecular complexity index is 605. The molecule has 0 saturated carbocycles. The van der Waals surface area contributed by atoms with Gasteiger partial charge in [0.2, 0.25) is 0 Å². The van der Waals surface area contributed by atoms with E-state index in [1.54, 1.807) is 7.05 Å². The molecular formula is C17H33N7O2. The van der Waals surface area contributed by atoms with Gasteiger partial charge in [-0.25, -0.2) is 4.79 Å². The zero-order valence-corrected chi connectivity index (χ0v) is 17.0. The third kappa shape index (κ3) is 7.71. The summed E-state index contributed by atoms with van der Waals surface area (Å²) in [5.41, 5.74) is -0.514. The predicted molar refractivity (Wildman–Crippen MR) is 102 cm³/mol. The number of nitrogens with one attached hydrogen (secondary N) is 3. The molecule has 26 heavy (non-hydrogen) atoms. The molecule has 0 aliphatic rings. The minimum absolute atomic E-state index is 0.0505. The van der Waals surface area contributed by atoms with Gasteiger partial charge in [0, 0.05) is 26.7 Å². The Hall–Kier alpha value is -2.32. The number of nitrogens with zero attached hydrogens (tertiary/aromatic N) is 4. The maximum absolute atomic E-state index is 12.0. The average molecular weight is 367 g/mol. The first-order chi connectivity index (χ1) is 12.2. The molecule has 1 heterocycles. The Balaban J connectivity index is 2.51. The molecule has 0 aliphatic carbocycles. The summed E-state index contributed by atoms with van der Waals surface area (Å²) in [4.78, 5) is 16.2. The molecule has 1 amide bonds. The van der Waals surface area contributed by atoms with E-state index in [0.717, 1.165) is 24.5 Å². The average Bonchev–Trinajstić information content (AvgIpc) is 2.85. The molecular weight excluding hydrogens is 334 g/mol. The van der Waals surface area contributed by atoms with Crippen LogP contribution >= 0.6 is 0 Å². The molecule has 0 saturated heterocycles. The number of aromatic nitrogens is 3. The number of aryl methyl sites for hydroxylation is 1. The van der Waals surface area contributed by atoms with Crippen LogP contribution < -0.4 is 16.0 Å². The first-order valence-corrected chi connectivity index (χ1v) is 8.95. The van der Waals surface area contributed by atoms with Gasteiger partial charge in [0.05, 0.1) is 6.54 Å². The van der Waals surface area contributed by atoms with Crippen molar-refractivity contribution < 1.29 is 9.53 Å². The van der Waals surface area contributed by atoms with Gasteiger partial charge in [-0.05, 0) is 34.1 Å². The lowest BCUT2D eigenvalue weighted by Crippen LogP contribution is -2.48. The van der Waals surface area contributed by atoms with Gasteiger partial charge in [-0.2, -0.15) is 0 Å². The predicted octanol–water partition coefficient (Wildman–Crippen LogP) is 1.48. The van der Waals surface area contributed by atoms with E-state index >= 15 is 0 Å². The summed E-state index contributed by atoms with van der Waals surface area (Å²) in [6, 6.07) is -0.0505. The topological polar surface area (TPSA) is 105 Å². The summed E-state index contributed by atoms with van der Waals surface area (Å²) in [5.74, 6) is 2.31. The van der Waals surface area contributed by atoms with Gasteiger partial charge in [-0.15, -0.1) is 10.2 Å². The van der Waals surface area contributed by atoms with Crippen molar-refractivity contribution in [2.24, 2.45) is 12.0 Å². The molecule has 3 N–H and O–H groups in total. The molecule has 148 valence electrons. The van der Waals surface area contributed by atoms with Crippen LogP contribution in [-0.4, -0.2) is 52.1 Å². The van der Waals surface area contributed by atoms with E-state index in [4.69, 9.17) is 4.74 Å². The molecule has 1 unspecified atom stereocenters. The Morgan fingerprint density at radius 3 is 2.50 bits per heavy atom. The zero-order valence-electron chi connectivity index (χ0n) is 17.0. The van der Waals surface area contributed by atoms with E-state index in [-0.39, 0.29) is 6.04 Å². The smallest absolute Gasteiger partial charge is 0.407 e. The standard InChI is InChI=1S/C17H33N7O2/c1-8-9-13(21-16(25)26-17(3,4)5)10-19-15(18-6)20-11-14-23-22-12(2)24(14)7/h13H,8-11H2,1-7H3,(H,21,25)(H2,18,19,20). The second kappa shape index (κ2) is 9.98. The third-order valence-corrected chi connectivity index (χ3v) is 3.69. The van der Waals surface area contributed by atoms with Gasteiger partial charge < -0.3 is 25.3 Å². The second-order valence-corrected chi connectivity index (χ2v) is 7.16. The molecule has 0 radical (unpaired) electrons. The van der Waals surface area contributed by atoms with Crippen LogP contribution in [0.5, 0.6) is 0 Å². The van der Waals surface area contributed by atoms with E-state index in [1.165, 1.54) is 0 Å². The molecule has 0 aromatic carbocycles. The van der Waals surface area contributed by atoms with Gasteiger partial charge in [0.15, 0.2) is 11.8 Å². The van der Waals surface area contributed by atoms with Crippen molar-refractivity contribution in [2.75, 3.05) is 13.6 Å². The number of guanidine groups is 1. The molecule has 0 fully saturated rings. The Labute approximate surface area is 156 Å². The Morgan fingerprint density at radius 2 is 2.00 bits per heavy atom. The highest BCUT2D eigenvalue weighted by molar-refractivity contribution is 5.79. The molecule has 0 bridgehead atoms. The van der Waals surface area contributed by atoms with Gasteiger partial charge in [0.25, 0.3) is 0 Å². The van der Waals surface area contributed by atoms with Gasteiger partial charge in [-0.1, -0.05) is 13.3 Å². The van der Waals surface area contributed by atoms with Crippen molar-refractivity contribution >= 4 is 12.1 Å². The number of rotatable bonds is 7. The van der Waals surface area contributed by atoms with Crippen LogP contribution in [0.3, 0.4) is 0 Å². The Kier molecular flexibility index (Phi) is 8.34. The minimum Gasteiger partial charge on any atom is -0.444 e. The van der Waals surface area contributed by atoms with Crippen molar-refractivity contribution in [3.63, 3.8) is 0 Å². The number of carbonyl (C=O) groups is 1. The number of alkyl carbamates (subject to hydrolysis) is 1. The van der Waals surface area contributed by atoms with Gasteiger partial charge in [0.1, 0.15) is 11.4 Å². The molecule has 1 aromatic heterocycles. The lowest BCUT2D eigenvalue weighted by Gasteiger charge is -2.24. The quantitative estimate of drug-likeness (QED) is 0.498. The maximum Gasteiger partial charge on any atom is 0.407 e. The largest absolute Gasteiger partial charge is 0.444 e. The number of aliphatic imine (C=N–C) groups is 1. The van der Waals surface area contributed by atoms with Crippen LogP contribution in [0, 0.1) is 6.92 Å². The summed E-state index contributed by atoms with van der Waals surface area (Å²) in [6.45, 7) is 10.6. The van der Waals surface area contributed by atoms with Crippen LogP contribution in [-0.2, 0) is 18.3 Å². The Morgan fingerprint density at radius 1 is 1.31 bits per heavy atom. The molecule has 9 nitrogen and oxygen atoms in total. The lowest BCUT2D eigenvalue weighted by molar-refractivity contribution is 0.0502. The van der Waals surface area contributed by atoms with E-state index < -0.39 is 11.7 Å². The van der Waals surface area contributed by atoms with Crippen molar-refractivity contribution in [1.29, 1.82) is 0 Å². The molecule has 1 rings (SSSR count). The number of carbonyl (C=O) groups excluding carboxylic acids is 1. The molecule has 9 heteroatoms. The van der Waals surface area contributed by atoms with Crippen LogP contribution in [0.4, 0.5) is 4.79 Å². The monoisotopic (exact) mass is 367 g/mol. The van der Waals surface area contributed by atoms with Crippen molar-refractivity contribution in [2.45, 2.75) is 65.6 Å². The molecule has 0 spiro atoms. The first-order valence-electron chi connectivity index (χ1n) is 8.95. The highest BCUT2D eigenvalue weighted by Gasteiger charge is 2.19. The fourth-order valence-electron chi connectivity index (χ4n) is 2.26. The fraction of sp³-hybridized carbons (Fsp3) is 0.765. The highest BCUT2D eigenvalue weighted by Crippen LogP contribution is 2.07. The number of ether oxygens (including phenoxy) is 1. The minimum atomic E-state index is -0.514. The third-order valence-electron chi connectivity index (χ3n) is 3.69. The van der Waals surface area contributed by atoms with Crippen molar-refractivity contribution in [3.05, 3.63) is 11.6 Å². The zero-order chi connectivity index (χ0) is 19.7. The van der Waals surface area contributed by atoms with Crippen LogP contribution in [0.1, 0.15) is 52.2 Å². The van der Waals surface area contributed by atoms with Crippen LogP contribution in [0.2, 0.25) is 0 Å². The highest BCUT2D eigenvalue weighted by atomic mass is 16.6. The van der Waals surface area contributed by atoms with Crippen LogP contribution in [0.15, 0.2) is 4.99 Å². The van der Waals surface area contributed by atoms with Crippen molar-refractivity contribution in [3.8, 4) is 0 Å². The van der Waals surface area contributed by atoms with E-state index in [0.29, 0.717) is 19.0 Å².